The number of hydrogen-bond donors (Lipinski definition) is 0. The predicted molar refractivity (Wildman–Crippen MR) is 53.8 cm³/mol. The molecule has 1 aromatic heterocycles. The van der Waals surface area contributed by atoms with Crippen LogP contribution in [0.1, 0.15) is 0 Å². The zero-order valence-electron chi connectivity index (χ0n) is 6.28. The van der Waals surface area contributed by atoms with E-state index in [2.05, 4.69) is 32.6 Å². The Bertz CT molecular complexity index is 309. The van der Waals surface area contributed by atoms with Crippen molar-refractivity contribution in [1.82, 2.24) is 9.97 Å². The molecular formula is C6H8IN2OP. The fourth-order valence-electron chi connectivity index (χ4n) is 0.669. The summed E-state index contributed by atoms with van der Waals surface area (Å²) in [5.74, 6) is 0. The monoisotopic (exact) mass is 282 g/mol. The minimum Gasteiger partial charge on any atom is -0.319 e. The Balaban J connectivity index is 3.25. The lowest BCUT2D eigenvalue weighted by molar-refractivity contribution is 0.588. The van der Waals surface area contributed by atoms with Gasteiger partial charge in [-0.2, -0.15) is 0 Å². The second kappa shape index (κ2) is 3.19. The Morgan fingerprint density at radius 1 is 1.55 bits per heavy atom. The van der Waals surface area contributed by atoms with Crippen molar-refractivity contribution in [2.24, 2.45) is 0 Å². The summed E-state index contributed by atoms with van der Waals surface area (Å²) in [6.45, 7) is 3.43. The fourth-order valence-corrected chi connectivity index (χ4v) is 3.52. The molecule has 0 amide bonds. The van der Waals surface area contributed by atoms with Gasteiger partial charge in [-0.15, -0.1) is 0 Å². The van der Waals surface area contributed by atoms with Crippen LogP contribution in [0.2, 0.25) is 0 Å². The maximum Gasteiger partial charge on any atom is 0.116 e. The van der Waals surface area contributed by atoms with Gasteiger partial charge in [-0.1, -0.05) is 0 Å². The summed E-state index contributed by atoms with van der Waals surface area (Å²) in [7, 11) is -2.19. The maximum absolute atomic E-state index is 11.6. The van der Waals surface area contributed by atoms with Crippen molar-refractivity contribution in [2.45, 2.75) is 0 Å². The molecule has 60 valence electrons. The third kappa shape index (κ3) is 2.24. The summed E-state index contributed by atoms with van der Waals surface area (Å²) in [6, 6.07) is 0. The van der Waals surface area contributed by atoms with E-state index in [-0.39, 0.29) is 0 Å². The second-order valence-corrected chi connectivity index (χ2v) is 6.75. The first kappa shape index (κ1) is 9.13. The molecule has 0 atom stereocenters. The Morgan fingerprint density at radius 2 is 2.18 bits per heavy atom. The van der Waals surface area contributed by atoms with Crippen LogP contribution < -0.4 is 5.30 Å². The number of rotatable bonds is 1. The molecule has 0 aliphatic heterocycles. The highest BCUT2D eigenvalue weighted by atomic mass is 127. The summed E-state index contributed by atoms with van der Waals surface area (Å²) >= 11 is 2.06. The van der Waals surface area contributed by atoms with Crippen LogP contribution >= 0.6 is 29.7 Å². The van der Waals surface area contributed by atoms with E-state index in [1.54, 1.807) is 19.5 Å². The van der Waals surface area contributed by atoms with Gasteiger partial charge in [-0.05, 0) is 35.9 Å². The zero-order valence-corrected chi connectivity index (χ0v) is 9.33. The molecule has 1 rings (SSSR count). The molecule has 3 nitrogen and oxygen atoms in total. The molecular weight excluding hydrogens is 274 g/mol. The molecule has 0 saturated carbocycles. The van der Waals surface area contributed by atoms with Crippen molar-refractivity contribution in [1.29, 1.82) is 0 Å². The Labute approximate surface area is 79.2 Å². The molecule has 0 aliphatic carbocycles. The van der Waals surface area contributed by atoms with E-state index in [9.17, 15) is 4.57 Å². The largest absolute Gasteiger partial charge is 0.319 e. The van der Waals surface area contributed by atoms with Gasteiger partial charge in [-0.25, -0.2) is 9.97 Å². The maximum atomic E-state index is 11.6. The smallest absolute Gasteiger partial charge is 0.116 e. The summed E-state index contributed by atoms with van der Waals surface area (Å²) in [5, 5.41) is 0.764. The van der Waals surface area contributed by atoms with E-state index in [1.165, 1.54) is 6.33 Å². The van der Waals surface area contributed by atoms with Gasteiger partial charge in [0.05, 0.1) is 5.30 Å². The second-order valence-electron chi connectivity index (χ2n) is 2.55. The van der Waals surface area contributed by atoms with E-state index in [0.29, 0.717) is 0 Å². The number of hydrogen-bond acceptors (Lipinski definition) is 3. The van der Waals surface area contributed by atoms with Crippen LogP contribution in [0.3, 0.4) is 0 Å². The molecule has 1 heterocycles. The Morgan fingerprint density at radius 3 is 2.55 bits per heavy atom. The molecule has 1 aromatic rings. The van der Waals surface area contributed by atoms with E-state index in [0.717, 1.165) is 9.01 Å². The van der Waals surface area contributed by atoms with Gasteiger partial charge < -0.3 is 4.57 Å². The standard InChI is InChI=1S/C6H8IN2OP/c1-11(2,10)5-3-8-4-9-6(5)7/h3-4H,1-2H3. The van der Waals surface area contributed by atoms with Gasteiger partial charge in [0.1, 0.15) is 17.2 Å². The zero-order chi connectivity index (χ0) is 8.48. The molecule has 0 fully saturated rings. The van der Waals surface area contributed by atoms with Crippen LogP contribution in [-0.2, 0) is 4.57 Å². The van der Waals surface area contributed by atoms with Gasteiger partial charge >= 0.3 is 0 Å². The highest BCUT2D eigenvalue weighted by Crippen LogP contribution is 2.35. The third-order valence-corrected chi connectivity index (χ3v) is 4.00. The lowest BCUT2D eigenvalue weighted by Crippen LogP contribution is -2.10. The minimum atomic E-state index is -2.19. The van der Waals surface area contributed by atoms with Gasteiger partial charge in [0.2, 0.25) is 0 Å². The van der Waals surface area contributed by atoms with Crippen molar-refractivity contribution < 1.29 is 4.57 Å². The first-order chi connectivity index (χ1) is 5.02. The number of aromatic nitrogens is 2. The van der Waals surface area contributed by atoms with Crippen LogP contribution in [0.4, 0.5) is 0 Å². The lowest BCUT2D eigenvalue weighted by Gasteiger charge is -2.06. The molecule has 0 aliphatic rings. The van der Waals surface area contributed by atoms with Crippen LogP contribution in [0.15, 0.2) is 12.5 Å². The molecule has 0 saturated heterocycles. The van der Waals surface area contributed by atoms with Crippen molar-refractivity contribution in [3.8, 4) is 0 Å². The van der Waals surface area contributed by atoms with E-state index in [1.807, 2.05) is 0 Å². The van der Waals surface area contributed by atoms with Gasteiger partial charge in [-0.3, -0.25) is 0 Å². The highest BCUT2D eigenvalue weighted by molar-refractivity contribution is 14.1. The highest BCUT2D eigenvalue weighted by Gasteiger charge is 2.14. The average molecular weight is 282 g/mol. The van der Waals surface area contributed by atoms with Crippen LogP contribution in [0.25, 0.3) is 0 Å². The molecule has 0 spiro atoms. The quantitative estimate of drug-likeness (QED) is 0.443. The van der Waals surface area contributed by atoms with E-state index >= 15 is 0 Å². The van der Waals surface area contributed by atoms with Crippen molar-refractivity contribution in [3.63, 3.8) is 0 Å². The first-order valence-electron chi connectivity index (χ1n) is 3.03. The molecule has 0 unspecified atom stereocenters. The fraction of sp³-hybridized carbons (Fsp3) is 0.333. The number of halogens is 1. The van der Waals surface area contributed by atoms with Crippen molar-refractivity contribution in [2.75, 3.05) is 13.3 Å². The predicted octanol–water partition coefficient (Wildman–Crippen LogP) is 1.33. The summed E-state index contributed by atoms with van der Waals surface area (Å²) in [6.07, 6.45) is 3.08. The number of nitrogens with zero attached hydrogens (tertiary/aromatic N) is 2. The molecule has 0 radical (unpaired) electrons. The van der Waals surface area contributed by atoms with E-state index in [4.69, 9.17) is 0 Å². The molecule has 11 heavy (non-hydrogen) atoms. The molecule has 5 heteroatoms. The van der Waals surface area contributed by atoms with E-state index < -0.39 is 7.14 Å². The van der Waals surface area contributed by atoms with Gasteiger partial charge in [0, 0.05) is 6.20 Å². The van der Waals surface area contributed by atoms with Crippen LogP contribution in [-0.4, -0.2) is 23.3 Å². The van der Waals surface area contributed by atoms with Crippen LogP contribution in [0.5, 0.6) is 0 Å². The van der Waals surface area contributed by atoms with Crippen molar-refractivity contribution >= 4 is 35.0 Å². The summed E-state index contributed by atoms with van der Waals surface area (Å²) in [4.78, 5) is 7.77. The van der Waals surface area contributed by atoms with Crippen molar-refractivity contribution in [3.05, 3.63) is 16.2 Å². The topological polar surface area (TPSA) is 42.9 Å². The normalized spacial score (nSPS) is 11.5. The van der Waals surface area contributed by atoms with Gasteiger partial charge in [0.15, 0.2) is 0 Å². The van der Waals surface area contributed by atoms with Gasteiger partial charge in [0.25, 0.3) is 0 Å². The lowest BCUT2D eigenvalue weighted by atomic mass is 10.7. The minimum absolute atomic E-state index is 0.764. The third-order valence-electron chi connectivity index (χ3n) is 1.23. The SMILES string of the molecule is CP(C)(=O)c1cncnc1I. The molecule has 0 N–H and O–H groups in total. The summed E-state index contributed by atoms with van der Waals surface area (Å²) < 4.78 is 12.3. The first-order valence-corrected chi connectivity index (χ1v) is 6.71. The van der Waals surface area contributed by atoms with Crippen LogP contribution in [0, 0.1) is 3.70 Å². The Hall–Kier alpha value is 0.0400. The summed E-state index contributed by atoms with van der Waals surface area (Å²) in [5.41, 5.74) is 0. The Kier molecular flexibility index (Phi) is 2.65. The molecule has 0 aromatic carbocycles. The molecule has 0 bridgehead atoms. The average Bonchev–Trinajstić information content (AvgIpc) is 1.86.